The van der Waals surface area contributed by atoms with E-state index in [-0.39, 0.29) is 16.7 Å². The normalized spacial score (nSPS) is 20.6. The number of amidine groups is 1. The number of sulfonamides is 1. The van der Waals surface area contributed by atoms with Gasteiger partial charge < -0.3 is 5.11 Å². The highest BCUT2D eigenvalue weighted by molar-refractivity contribution is 7.89. The molecule has 3 N–H and O–H groups in total. The van der Waals surface area contributed by atoms with Crippen LogP contribution in [0.5, 0.6) is 0 Å². The number of hydroxylamine groups is 1. The molecule has 4 atom stereocenters. The quantitative estimate of drug-likeness (QED) is 0.425. The second-order valence-corrected chi connectivity index (χ2v) is 10.3. The number of benzene rings is 2. The number of aliphatic carboxylic acids is 1. The van der Waals surface area contributed by atoms with Gasteiger partial charge in [0.15, 0.2) is 5.84 Å². The van der Waals surface area contributed by atoms with Crippen LogP contribution in [-0.2, 0) is 19.7 Å². The maximum atomic E-state index is 13.1. The van der Waals surface area contributed by atoms with E-state index < -0.39 is 28.3 Å². The molecule has 2 aliphatic rings. The molecule has 4 rings (SSSR count). The van der Waals surface area contributed by atoms with Crippen molar-refractivity contribution < 1.29 is 23.2 Å². The second kappa shape index (κ2) is 13.3. The number of carbonyl (C=O) groups is 1. The Balaban J connectivity index is 0.00000186. The molecule has 0 spiro atoms. The first-order valence-electron chi connectivity index (χ1n) is 12.6. The fourth-order valence-corrected chi connectivity index (χ4v) is 5.67. The fraction of sp³-hybridized carbons (Fsp3) is 0.357. The van der Waals surface area contributed by atoms with Crippen LogP contribution >= 0.6 is 0 Å². The molecule has 0 fully saturated rings. The standard InChI is InChI=1S/C26H29N3O5S.C2H6/c1-2-22(18-10-6-3-4-7-11-18)23(26(30)31)29-35(32,33)21-16-14-19(15-17-21)24-27-25(34-28-24)20-12-8-5-9-13-20;1-2/h3-6,8-10,12-18,22-23,25,29H,2,7,11H2,1H3,(H,27,28)(H,30,31);1-2H3. The molecule has 0 aromatic heterocycles. The number of hydrogen-bond acceptors (Lipinski definition) is 6. The van der Waals surface area contributed by atoms with Gasteiger partial charge in [-0.3, -0.25) is 4.79 Å². The molecule has 0 bridgehead atoms. The van der Waals surface area contributed by atoms with E-state index in [9.17, 15) is 18.3 Å². The van der Waals surface area contributed by atoms with E-state index in [0.717, 1.165) is 18.4 Å². The lowest BCUT2D eigenvalue weighted by atomic mass is 9.81. The molecule has 1 heterocycles. The lowest BCUT2D eigenvalue weighted by Crippen LogP contribution is -2.47. The van der Waals surface area contributed by atoms with Crippen molar-refractivity contribution in [1.29, 1.82) is 0 Å². The van der Waals surface area contributed by atoms with Gasteiger partial charge in [-0.1, -0.05) is 81.8 Å². The van der Waals surface area contributed by atoms with Crippen LogP contribution in [0.2, 0.25) is 0 Å². The first kappa shape index (κ1) is 28.3. The number of allylic oxidation sites excluding steroid dienone is 4. The number of hydrogen-bond donors (Lipinski definition) is 3. The highest BCUT2D eigenvalue weighted by atomic mass is 32.2. The van der Waals surface area contributed by atoms with Gasteiger partial charge in [0.05, 0.1) is 4.90 Å². The van der Waals surface area contributed by atoms with Gasteiger partial charge in [0.1, 0.15) is 6.04 Å². The van der Waals surface area contributed by atoms with Crippen molar-refractivity contribution in [2.75, 3.05) is 0 Å². The second-order valence-electron chi connectivity index (χ2n) is 8.55. The van der Waals surface area contributed by atoms with E-state index >= 15 is 0 Å². The summed E-state index contributed by atoms with van der Waals surface area (Å²) < 4.78 is 28.7. The molecule has 4 unspecified atom stereocenters. The first-order valence-corrected chi connectivity index (χ1v) is 14.1. The lowest BCUT2D eigenvalue weighted by Gasteiger charge is -2.29. The number of rotatable bonds is 9. The molecule has 0 saturated heterocycles. The molecule has 2 aromatic carbocycles. The van der Waals surface area contributed by atoms with Crippen LogP contribution in [0, 0.1) is 11.8 Å². The van der Waals surface area contributed by atoms with Crippen LogP contribution in [0.4, 0.5) is 0 Å². The smallest absolute Gasteiger partial charge is 0.322 e. The summed E-state index contributed by atoms with van der Waals surface area (Å²) >= 11 is 0. The Kier molecular flexibility index (Phi) is 10.2. The molecule has 1 aliphatic carbocycles. The van der Waals surface area contributed by atoms with Crippen molar-refractivity contribution in [2.45, 2.75) is 57.2 Å². The van der Waals surface area contributed by atoms with Gasteiger partial charge in [-0.15, -0.1) is 0 Å². The van der Waals surface area contributed by atoms with E-state index in [0.29, 0.717) is 17.8 Å². The summed E-state index contributed by atoms with van der Waals surface area (Å²) in [5.74, 6) is -1.11. The number of carboxylic acids is 1. The molecule has 2 aromatic rings. The zero-order chi connectivity index (χ0) is 26.8. The summed E-state index contributed by atoms with van der Waals surface area (Å²) in [6.45, 7) is 5.88. The summed E-state index contributed by atoms with van der Waals surface area (Å²) in [6, 6.07) is 14.4. The van der Waals surface area contributed by atoms with Gasteiger partial charge in [0.2, 0.25) is 16.3 Å². The molecule has 0 amide bonds. The minimum atomic E-state index is -4.06. The zero-order valence-corrected chi connectivity index (χ0v) is 22.2. The predicted octanol–water partition coefficient (Wildman–Crippen LogP) is 4.97. The molecular weight excluding hydrogens is 490 g/mol. The van der Waals surface area contributed by atoms with Crippen LogP contribution in [0.1, 0.15) is 57.4 Å². The minimum absolute atomic E-state index is 0.0143. The lowest BCUT2D eigenvalue weighted by molar-refractivity contribution is -0.140. The van der Waals surface area contributed by atoms with Crippen molar-refractivity contribution in [3.8, 4) is 0 Å². The number of carboxylic acid groups (broad SMARTS) is 1. The van der Waals surface area contributed by atoms with Crippen molar-refractivity contribution in [3.05, 3.63) is 90.0 Å². The molecule has 9 heteroatoms. The van der Waals surface area contributed by atoms with Crippen LogP contribution in [-0.4, -0.2) is 31.4 Å². The number of aliphatic imine (C=N–C) groups is 1. The topological polar surface area (TPSA) is 117 Å². The van der Waals surface area contributed by atoms with Crippen molar-refractivity contribution >= 4 is 21.8 Å². The third kappa shape index (κ3) is 7.15. The molecular formula is C28H35N3O5S. The van der Waals surface area contributed by atoms with E-state index in [4.69, 9.17) is 4.84 Å². The maximum Gasteiger partial charge on any atom is 0.322 e. The highest BCUT2D eigenvalue weighted by Crippen LogP contribution is 2.29. The average molecular weight is 526 g/mol. The van der Waals surface area contributed by atoms with E-state index in [1.165, 1.54) is 12.1 Å². The average Bonchev–Trinajstić information content (AvgIpc) is 3.27. The number of nitrogens with zero attached hydrogens (tertiary/aromatic N) is 1. The highest BCUT2D eigenvalue weighted by Gasteiger charge is 2.35. The predicted molar refractivity (Wildman–Crippen MR) is 144 cm³/mol. The Morgan fingerprint density at radius 3 is 2.49 bits per heavy atom. The molecule has 1 aliphatic heterocycles. The maximum absolute atomic E-state index is 13.1. The van der Waals surface area contributed by atoms with Crippen LogP contribution in [0.15, 0.2) is 88.8 Å². The van der Waals surface area contributed by atoms with Gasteiger partial charge in [-0.05, 0) is 48.9 Å². The molecule has 37 heavy (non-hydrogen) atoms. The molecule has 198 valence electrons. The Hall–Kier alpha value is -3.27. The summed E-state index contributed by atoms with van der Waals surface area (Å²) in [5.41, 5.74) is 4.33. The zero-order valence-electron chi connectivity index (χ0n) is 21.4. The molecule has 0 radical (unpaired) electrons. The van der Waals surface area contributed by atoms with Gasteiger partial charge in [0.25, 0.3) is 0 Å². The largest absolute Gasteiger partial charge is 0.480 e. The Labute approximate surface area is 219 Å². The van der Waals surface area contributed by atoms with Gasteiger partial charge in [-0.25, -0.2) is 23.7 Å². The van der Waals surface area contributed by atoms with Crippen LogP contribution in [0.3, 0.4) is 0 Å². The summed E-state index contributed by atoms with van der Waals surface area (Å²) in [7, 11) is -4.06. The van der Waals surface area contributed by atoms with E-state index in [1.54, 1.807) is 12.1 Å². The van der Waals surface area contributed by atoms with E-state index in [1.807, 2.05) is 75.4 Å². The van der Waals surface area contributed by atoms with Gasteiger partial charge in [-0.2, -0.15) is 4.72 Å². The van der Waals surface area contributed by atoms with Crippen molar-refractivity contribution in [2.24, 2.45) is 16.8 Å². The third-order valence-corrected chi connectivity index (χ3v) is 7.76. The molecule has 0 saturated carbocycles. The summed E-state index contributed by atoms with van der Waals surface area (Å²) in [5, 5.41) is 9.89. The molecule has 8 nitrogen and oxygen atoms in total. The van der Waals surface area contributed by atoms with Crippen LogP contribution in [0.25, 0.3) is 0 Å². The van der Waals surface area contributed by atoms with Crippen molar-refractivity contribution in [3.63, 3.8) is 0 Å². The first-order chi connectivity index (χ1) is 17.9. The monoisotopic (exact) mass is 525 g/mol. The minimum Gasteiger partial charge on any atom is -0.480 e. The van der Waals surface area contributed by atoms with Crippen LogP contribution < -0.4 is 10.2 Å². The van der Waals surface area contributed by atoms with Gasteiger partial charge in [0, 0.05) is 11.1 Å². The Morgan fingerprint density at radius 2 is 1.84 bits per heavy atom. The number of nitrogens with one attached hydrogen (secondary N) is 2. The Morgan fingerprint density at radius 1 is 1.14 bits per heavy atom. The fourth-order valence-electron chi connectivity index (χ4n) is 4.43. The summed E-state index contributed by atoms with van der Waals surface area (Å²) in [4.78, 5) is 22.1. The summed E-state index contributed by atoms with van der Waals surface area (Å²) in [6.07, 6.45) is 9.46. The van der Waals surface area contributed by atoms with Crippen molar-refractivity contribution in [1.82, 2.24) is 10.2 Å². The van der Waals surface area contributed by atoms with Gasteiger partial charge >= 0.3 is 5.97 Å². The SMILES string of the molecule is CC.CCC(C1C=CC=CCC1)C(NS(=O)(=O)c1ccc(C2=NC(c3ccccc3)ON2)cc1)C(=O)O. The van der Waals surface area contributed by atoms with E-state index in [2.05, 4.69) is 15.2 Å². The third-order valence-electron chi connectivity index (χ3n) is 6.31. The Bertz CT molecular complexity index is 1220.